The molecule has 0 bridgehead atoms. The first-order valence-corrected chi connectivity index (χ1v) is 9.14. The van der Waals surface area contributed by atoms with Crippen molar-refractivity contribution in [1.82, 2.24) is 15.8 Å². The number of rotatable bonds is 6. The van der Waals surface area contributed by atoms with Crippen LogP contribution < -0.4 is 15.6 Å². The van der Waals surface area contributed by atoms with E-state index in [0.29, 0.717) is 28.7 Å². The van der Waals surface area contributed by atoms with Gasteiger partial charge in [0.1, 0.15) is 17.6 Å². The Bertz CT molecular complexity index is 1020. The van der Waals surface area contributed by atoms with Crippen molar-refractivity contribution in [3.8, 4) is 22.6 Å². The lowest BCUT2D eigenvalue weighted by Gasteiger charge is -2.09. The van der Waals surface area contributed by atoms with Gasteiger partial charge in [0.05, 0.1) is 22.6 Å². The zero-order valence-electron chi connectivity index (χ0n) is 14.9. The van der Waals surface area contributed by atoms with Crippen LogP contribution in [-0.2, 0) is 16.0 Å². The molecule has 9 heteroatoms. The molecule has 8 nitrogen and oxygen atoms in total. The number of carbonyl (C=O) groups is 2. The zero-order valence-corrected chi connectivity index (χ0v) is 15.7. The van der Waals surface area contributed by atoms with Gasteiger partial charge in [-0.15, -0.1) is 11.3 Å². The van der Waals surface area contributed by atoms with Crippen LogP contribution in [0, 0.1) is 18.3 Å². The van der Waals surface area contributed by atoms with Gasteiger partial charge in [-0.2, -0.15) is 5.26 Å². The van der Waals surface area contributed by atoms with E-state index in [9.17, 15) is 9.59 Å². The number of benzene rings is 1. The number of hydrazine groups is 1. The number of hydrogen-bond donors (Lipinski definition) is 2. The Morgan fingerprint density at radius 3 is 2.75 bits per heavy atom. The number of carbonyl (C=O) groups excluding carboxylic acids is 2. The summed E-state index contributed by atoms with van der Waals surface area (Å²) in [6, 6.07) is 12.3. The summed E-state index contributed by atoms with van der Waals surface area (Å²) in [7, 11) is 0. The number of ether oxygens (including phenoxy) is 1. The van der Waals surface area contributed by atoms with Crippen LogP contribution >= 0.6 is 11.3 Å². The number of aryl methyl sites for hydroxylation is 1. The van der Waals surface area contributed by atoms with Crippen LogP contribution in [0.25, 0.3) is 10.8 Å². The van der Waals surface area contributed by atoms with E-state index in [0.717, 1.165) is 4.88 Å². The molecule has 0 aliphatic rings. The molecule has 2 heterocycles. The molecule has 142 valence electrons. The van der Waals surface area contributed by atoms with Crippen molar-refractivity contribution in [3.63, 3.8) is 0 Å². The first kappa shape index (κ1) is 19.1. The Morgan fingerprint density at radius 2 is 2.00 bits per heavy atom. The van der Waals surface area contributed by atoms with Crippen molar-refractivity contribution in [1.29, 1.82) is 5.26 Å². The Balaban J connectivity index is 1.48. The maximum Gasteiger partial charge on any atom is 0.276 e. The van der Waals surface area contributed by atoms with E-state index in [-0.39, 0.29) is 13.0 Å². The molecule has 2 amide bonds. The summed E-state index contributed by atoms with van der Waals surface area (Å²) in [5, 5.41) is 10.9. The molecule has 0 radical (unpaired) electrons. The number of aromatic nitrogens is 1. The minimum absolute atomic E-state index is 0.0425. The van der Waals surface area contributed by atoms with Gasteiger partial charge in [-0.1, -0.05) is 18.2 Å². The number of hydrogen-bond acceptors (Lipinski definition) is 7. The molecule has 0 aliphatic heterocycles. The average molecular weight is 396 g/mol. The fraction of sp³-hybridized carbons (Fsp3) is 0.158. The highest BCUT2D eigenvalue weighted by molar-refractivity contribution is 7.13. The van der Waals surface area contributed by atoms with Crippen LogP contribution in [0.2, 0.25) is 0 Å². The fourth-order valence-electron chi connectivity index (χ4n) is 2.30. The number of nitrogens with zero attached hydrogens (tertiary/aromatic N) is 2. The number of para-hydroxylation sites is 1. The van der Waals surface area contributed by atoms with Gasteiger partial charge in [0.25, 0.3) is 5.91 Å². The van der Waals surface area contributed by atoms with E-state index in [1.54, 1.807) is 31.2 Å². The zero-order chi connectivity index (χ0) is 19.9. The third-order valence-electron chi connectivity index (χ3n) is 3.66. The van der Waals surface area contributed by atoms with Crippen LogP contribution in [0.5, 0.6) is 5.75 Å². The topological polar surface area (TPSA) is 117 Å². The molecule has 3 aromatic rings. The summed E-state index contributed by atoms with van der Waals surface area (Å²) in [4.78, 5) is 29.1. The standard InChI is InChI=1S/C19H16N4O4S/c1-12-14(21-19(27-12)16-7-4-8-28-16)9-17(24)22-23-18(25)11-26-15-6-3-2-5-13(15)10-20/h2-8H,9,11H2,1H3,(H,22,24)(H,23,25). The second-order valence-corrected chi connectivity index (χ2v) is 6.62. The molecule has 0 saturated carbocycles. The predicted molar refractivity (Wildman–Crippen MR) is 101 cm³/mol. The van der Waals surface area contributed by atoms with Gasteiger partial charge in [0.15, 0.2) is 6.61 Å². The molecular weight excluding hydrogens is 380 g/mol. The highest BCUT2D eigenvalue weighted by Gasteiger charge is 2.16. The Kier molecular flexibility index (Phi) is 6.04. The van der Waals surface area contributed by atoms with E-state index in [1.165, 1.54) is 11.3 Å². The monoisotopic (exact) mass is 396 g/mol. The molecule has 2 N–H and O–H groups in total. The lowest BCUT2D eigenvalue weighted by Crippen LogP contribution is -2.44. The quantitative estimate of drug-likeness (QED) is 0.618. The number of nitriles is 1. The largest absolute Gasteiger partial charge is 0.482 e. The van der Waals surface area contributed by atoms with Crippen molar-refractivity contribution in [2.75, 3.05) is 6.61 Å². The molecular formula is C19H16N4O4S. The Morgan fingerprint density at radius 1 is 1.21 bits per heavy atom. The summed E-state index contributed by atoms with van der Waals surface area (Å²) in [6.07, 6.45) is -0.0425. The van der Waals surface area contributed by atoms with Crippen molar-refractivity contribution in [2.45, 2.75) is 13.3 Å². The van der Waals surface area contributed by atoms with Gasteiger partial charge >= 0.3 is 0 Å². The molecule has 0 atom stereocenters. The van der Waals surface area contributed by atoms with Crippen LogP contribution in [-0.4, -0.2) is 23.4 Å². The summed E-state index contributed by atoms with van der Waals surface area (Å²) >= 11 is 1.49. The van der Waals surface area contributed by atoms with E-state index in [1.807, 2.05) is 23.6 Å². The minimum atomic E-state index is -0.558. The van der Waals surface area contributed by atoms with Crippen LogP contribution in [0.1, 0.15) is 17.0 Å². The third-order valence-corrected chi connectivity index (χ3v) is 4.52. The molecule has 0 aliphatic carbocycles. The van der Waals surface area contributed by atoms with Gasteiger partial charge in [0, 0.05) is 0 Å². The second kappa shape index (κ2) is 8.83. The van der Waals surface area contributed by atoms with Crippen LogP contribution in [0.3, 0.4) is 0 Å². The molecule has 3 rings (SSSR count). The maximum absolute atomic E-state index is 12.1. The summed E-state index contributed by atoms with van der Waals surface area (Å²) in [6.45, 7) is 1.39. The van der Waals surface area contributed by atoms with Gasteiger partial charge in [-0.05, 0) is 30.5 Å². The van der Waals surface area contributed by atoms with Crippen LogP contribution in [0.4, 0.5) is 0 Å². The second-order valence-electron chi connectivity index (χ2n) is 5.67. The van der Waals surface area contributed by atoms with Crippen molar-refractivity contribution in [3.05, 3.63) is 58.8 Å². The number of thiophene rings is 1. The van der Waals surface area contributed by atoms with Crippen molar-refractivity contribution in [2.24, 2.45) is 0 Å². The van der Waals surface area contributed by atoms with E-state index in [2.05, 4.69) is 15.8 Å². The smallest absolute Gasteiger partial charge is 0.276 e. The number of nitrogens with one attached hydrogen (secondary N) is 2. The predicted octanol–water partition coefficient (Wildman–Crippen LogP) is 2.35. The highest BCUT2D eigenvalue weighted by Crippen LogP contribution is 2.26. The molecule has 28 heavy (non-hydrogen) atoms. The normalized spacial score (nSPS) is 10.1. The molecule has 2 aromatic heterocycles. The first-order valence-electron chi connectivity index (χ1n) is 8.26. The van der Waals surface area contributed by atoms with Gasteiger partial charge in [-0.3, -0.25) is 20.4 Å². The molecule has 0 unspecified atom stereocenters. The maximum atomic E-state index is 12.1. The highest BCUT2D eigenvalue weighted by atomic mass is 32.1. The SMILES string of the molecule is Cc1oc(-c2cccs2)nc1CC(=O)NNC(=O)COc1ccccc1C#N. The van der Waals surface area contributed by atoms with E-state index >= 15 is 0 Å². The Labute approximate surface area is 164 Å². The lowest BCUT2D eigenvalue weighted by atomic mass is 10.2. The van der Waals surface area contributed by atoms with Crippen LogP contribution in [0.15, 0.2) is 46.2 Å². The summed E-state index contributed by atoms with van der Waals surface area (Å²) in [5.74, 6) is 0.299. The summed E-state index contributed by atoms with van der Waals surface area (Å²) < 4.78 is 10.9. The number of amides is 2. The Hall–Kier alpha value is -3.64. The molecule has 0 spiro atoms. The van der Waals surface area contributed by atoms with Gasteiger partial charge in [-0.25, -0.2) is 4.98 Å². The molecule has 0 saturated heterocycles. The molecule has 1 aromatic carbocycles. The van der Waals surface area contributed by atoms with Crippen molar-refractivity contribution < 1.29 is 18.7 Å². The molecule has 0 fully saturated rings. The first-order chi connectivity index (χ1) is 13.6. The van der Waals surface area contributed by atoms with Gasteiger partial charge < -0.3 is 9.15 Å². The fourth-order valence-corrected chi connectivity index (χ4v) is 2.95. The van der Waals surface area contributed by atoms with E-state index < -0.39 is 11.8 Å². The number of oxazole rings is 1. The minimum Gasteiger partial charge on any atom is -0.482 e. The van der Waals surface area contributed by atoms with Crippen molar-refractivity contribution >= 4 is 23.2 Å². The average Bonchev–Trinajstić information content (AvgIpc) is 3.35. The lowest BCUT2D eigenvalue weighted by molar-refractivity contribution is -0.129. The summed E-state index contributed by atoms with van der Waals surface area (Å²) in [5.41, 5.74) is 5.38. The third kappa shape index (κ3) is 4.75. The van der Waals surface area contributed by atoms with Gasteiger partial charge in [0.2, 0.25) is 11.8 Å². The van der Waals surface area contributed by atoms with E-state index in [4.69, 9.17) is 14.4 Å².